The summed E-state index contributed by atoms with van der Waals surface area (Å²) in [5.74, 6) is -1.26. The van der Waals surface area contributed by atoms with Gasteiger partial charge >= 0.3 is 12.4 Å². The van der Waals surface area contributed by atoms with Gasteiger partial charge in [0, 0.05) is 5.02 Å². The average molecular weight is 464 g/mol. The number of carbonyl (C=O) groups excluding carboxylic acids is 1. The standard InChI is InChI=1S/C19H12ClF6N3O2/c20-13-4-6-14(7-5-13)29-16(19(24,25)26)15(9-27-29)17(30)28-31-10-11-2-1-3-12(8-11)18(21,22)23/h1-9H,10H2,(H,28,30). The van der Waals surface area contributed by atoms with Gasteiger partial charge in [-0.05, 0) is 42.0 Å². The van der Waals surface area contributed by atoms with Gasteiger partial charge in [0.1, 0.15) is 0 Å². The summed E-state index contributed by atoms with van der Waals surface area (Å²) in [5, 5.41) is 3.92. The van der Waals surface area contributed by atoms with E-state index in [-0.39, 0.29) is 11.3 Å². The third kappa shape index (κ3) is 5.36. The van der Waals surface area contributed by atoms with Gasteiger partial charge in [0.2, 0.25) is 0 Å². The Morgan fingerprint density at radius 2 is 1.71 bits per heavy atom. The van der Waals surface area contributed by atoms with Crippen LogP contribution in [0.5, 0.6) is 0 Å². The Morgan fingerprint density at radius 1 is 1.03 bits per heavy atom. The lowest BCUT2D eigenvalue weighted by molar-refractivity contribution is -0.143. The predicted octanol–water partition coefficient (Wildman–Crippen LogP) is 5.42. The maximum absolute atomic E-state index is 13.6. The lowest BCUT2D eigenvalue weighted by Gasteiger charge is -2.13. The van der Waals surface area contributed by atoms with Crippen LogP contribution in [-0.4, -0.2) is 15.7 Å². The molecule has 5 nitrogen and oxygen atoms in total. The van der Waals surface area contributed by atoms with Crippen LogP contribution in [0.15, 0.2) is 54.7 Å². The highest BCUT2D eigenvalue weighted by molar-refractivity contribution is 6.30. The SMILES string of the molecule is O=C(NOCc1cccc(C(F)(F)F)c1)c1cnn(-c2ccc(Cl)cc2)c1C(F)(F)F. The molecule has 3 rings (SSSR count). The number of amides is 1. The lowest BCUT2D eigenvalue weighted by Crippen LogP contribution is -2.27. The summed E-state index contributed by atoms with van der Waals surface area (Å²) in [5.41, 5.74) is -1.24. The molecule has 0 bridgehead atoms. The summed E-state index contributed by atoms with van der Waals surface area (Å²) in [4.78, 5) is 17.1. The van der Waals surface area contributed by atoms with E-state index in [9.17, 15) is 31.1 Å². The molecule has 0 radical (unpaired) electrons. The van der Waals surface area contributed by atoms with Crippen molar-refractivity contribution in [3.8, 4) is 5.69 Å². The topological polar surface area (TPSA) is 56.1 Å². The van der Waals surface area contributed by atoms with E-state index < -0.39 is 41.7 Å². The molecule has 0 atom stereocenters. The van der Waals surface area contributed by atoms with Gasteiger partial charge in [-0.15, -0.1) is 0 Å². The van der Waals surface area contributed by atoms with E-state index >= 15 is 0 Å². The molecule has 0 spiro atoms. The molecule has 164 valence electrons. The molecule has 1 N–H and O–H groups in total. The summed E-state index contributed by atoms with van der Waals surface area (Å²) in [6, 6.07) is 9.39. The van der Waals surface area contributed by atoms with Gasteiger partial charge in [0.25, 0.3) is 5.91 Å². The van der Waals surface area contributed by atoms with Crippen molar-refractivity contribution < 1.29 is 36.0 Å². The fourth-order valence-corrected chi connectivity index (χ4v) is 2.77. The quantitative estimate of drug-likeness (QED) is 0.406. The number of halogens is 7. The van der Waals surface area contributed by atoms with Crippen molar-refractivity contribution in [1.29, 1.82) is 0 Å². The molecular weight excluding hydrogens is 452 g/mol. The fraction of sp³-hybridized carbons (Fsp3) is 0.158. The maximum atomic E-state index is 13.6. The minimum Gasteiger partial charge on any atom is -0.269 e. The van der Waals surface area contributed by atoms with Gasteiger partial charge in [-0.2, -0.15) is 31.4 Å². The van der Waals surface area contributed by atoms with Crippen molar-refractivity contribution in [1.82, 2.24) is 15.3 Å². The van der Waals surface area contributed by atoms with E-state index in [1.165, 1.54) is 30.3 Å². The Labute approximate surface area is 176 Å². The molecule has 0 aliphatic heterocycles. The number of rotatable bonds is 5. The second-order valence-electron chi connectivity index (χ2n) is 6.21. The zero-order valence-corrected chi connectivity index (χ0v) is 16.0. The van der Waals surface area contributed by atoms with E-state index in [4.69, 9.17) is 16.4 Å². The molecule has 1 aromatic heterocycles. The average Bonchev–Trinajstić information content (AvgIpc) is 3.14. The normalized spacial score (nSPS) is 12.1. The van der Waals surface area contributed by atoms with Crippen molar-refractivity contribution in [3.63, 3.8) is 0 Å². The van der Waals surface area contributed by atoms with Gasteiger partial charge in [0.15, 0.2) is 5.69 Å². The van der Waals surface area contributed by atoms with Crippen LogP contribution in [0.25, 0.3) is 5.69 Å². The number of nitrogens with one attached hydrogen (secondary N) is 1. The molecule has 31 heavy (non-hydrogen) atoms. The smallest absolute Gasteiger partial charge is 0.269 e. The molecule has 2 aromatic carbocycles. The number of aromatic nitrogens is 2. The number of hydrogen-bond donors (Lipinski definition) is 1. The molecular formula is C19H12ClF6N3O2. The molecule has 0 saturated carbocycles. The highest BCUT2D eigenvalue weighted by Gasteiger charge is 2.40. The predicted molar refractivity (Wildman–Crippen MR) is 97.3 cm³/mol. The molecule has 0 fully saturated rings. The number of nitrogens with zero attached hydrogens (tertiary/aromatic N) is 2. The summed E-state index contributed by atoms with van der Waals surface area (Å²) < 4.78 is 79.5. The van der Waals surface area contributed by atoms with E-state index in [0.29, 0.717) is 15.9 Å². The van der Waals surface area contributed by atoms with Crippen LogP contribution >= 0.6 is 11.6 Å². The largest absolute Gasteiger partial charge is 0.434 e. The van der Waals surface area contributed by atoms with Crippen LogP contribution in [0, 0.1) is 0 Å². The Bertz CT molecular complexity index is 1080. The van der Waals surface area contributed by atoms with E-state index in [2.05, 4.69) is 5.10 Å². The van der Waals surface area contributed by atoms with Crippen LogP contribution in [0.3, 0.4) is 0 Å². The molecule has 0 saturated heterocycles. The second-order valence-corrected chi connectivity index (χ2v) is 6.65. The van der Waals surface area contributed by atoms with Crippen molar-refractivity contribution in [3.05, 3.63) is 82.1 Å². The Morgan fingerprint density at radius 3 is 2.32 bits per heavy atom. The van der Waals surface area contributed by atoms with Gasteiger partial charge in [-0.25, -0.2) is 10.2 Å². The monoisotopic (exact) mass is 463 g/mol. The van der Waals surface area contributed by atoms with E-state index in [0.717, 1.165) is 18.2 Å². The molecule has 0 aliphatic rings. The first kappa shape index (κ1) is 22.6. The highest BCUT2D eigenvalue weighted by Crippen LogP contribution is 2.34. The minimum absolute atomic E-state index is 0.0145. The maximum Gasteiger partial charge on any atom is 0.434 e. The Hall–Kier alpha value is -3.05. The number of carbonyl (C=O) groups is 1. The van der Waals surface area contributed by atoms with Gasteiger partial charge in [-0.3, -0.25) is 9.63 Å². The molecule has 3 aromatic rings. The van der Waals surface area contributed by atoms with Crippen LogP contribution in [0.2, 0.25) is 5.02 Å². The summed E-state index contributed by atoms with van der Waals surface area (Å²) in [6.07, 6.45) is -8.80. The summed E-state index contributed by atoms with van der Waals surface area (Å²) in [7, 11) is 0. The third-order valence-electron chi connectivity index (χ3n) is 4.01. The Balaban J connectivity index is 1.77. The van der Waals surface area contributed by atoms with Crippen LogP contribution < -0.4 is 5.48 Å². The van der Waals surface area contributed by atoms with Gasteiger partial charge in [-0.1, -0.05) is 23.7 Å². The highest BCUT2D eigenvalue weighted by atomic mass is 35.5. The van der Waals surface area contributed by atoms with Crippen LogP contribution in [-0.2, 0) is 23.8 Å². The van der Waals surface area contributed by atoms with Gasteiger partial charge < -0.3 is 0 Å². The number of benzene rings is 2. The zero-order valence-electron chi connectivity index (χ0n) is 15.3. The van der Waals surface area contributed by atoms with Crippen LogP contribution in [0.1, 0.15) is 27.2 Å². The van der Waals surface area contributed by atoms with Crippen molar-refractivity contribution >= 4 is 17.5 Å². The van der Waals surface area contributed by atoms with Crippen molar-refractivity contribution in [2.24, 2.45) is 0 Å². The first-order chi connectivity index (χ1) is 14.5. The number of alkyl halides is 6. The number of hydroxylamine groups is 1. The van der Waals surface area contributed by atoms with E-state index in [1.807, 2.05) is 0 Å². The number of hydrogen-bond acceptors (Lipinski definition) is 3. The first-order valence-corrected chi connectivity index (χ1v) is 8.84. The minimum atomic E-state index is -4.94. The first-order valence-electron chi connectivity index (χ1n) is 8.46. The Kier molecular flexibility index (Phi) is 6.27. The molecule has 0 aliphatic carbocycles. The molecule has 12 heteroatoms. The summed E-state index contributed by atoms with van der Waals surface area (Å²) >= 11 is 5.73. The van der Waals surface area contributed by atoms with Crippen molar-refractivity contribution in [2.75, 3.05) is 0 Å². The third-order valence-corrected chi connectivity index (χ3v) is 4.26. The van der Waals surface area contributed by atoms with E-state index in [1.54, 1.807) is 5.48 Å². The second kappa shape index (κ2) is 8.60. The molecule has 1 heterocycles. The molecule has 1 amide bonds. The van der Waals surface area contributed by atoms with Gasteiger partial charge in [0.05, 0.1) is 29.6 Å². The fourth-order valence-electron chi connectivity index (χ4n) is 2.64. The summed E-state index contributed by atoms with van der Waals surface area (Å²) in [6.45, 7) is -0.498. The molecule has 0 unspecified atom stereocenters. The lowest BCUT2D eigenvalue weighted by atomic mass is 10.1. The zero-order chi connectivity index (χ0) is 22.8. The van der Waals surface area contributed by atoms with Crippen LogP contribution in [0.4, 0.5) is 26.3 Å². The van der Waals surface area contributed by atoms with Crippen molar-refractivity contribution in [2.45, 2.75) is 19.0 Å².